The van der Waals surface area contributed by atoms with Crippen molar-refractivity contribution in [2.75, 3.05) is 5.73 Å². The molecule has 0 fully saturated rings. The number of nitrogens with two attached hydrogens (primary N) is 2. The van der Waals surface area contributed by atoms with Gasteiger partial charge < -0.3 is 16.6 Å². The molecule has 1 unspecified atom stereocenters. The zero-order valence-corrected chi connectivity index (χ0v) is 13.3. The third-order valence-corrected chi connectivity index (χ3v) is 3.68. The summed E-state index contributed by atoms with van der Waals surface area (Å²) >= 11 is 0. The van der Waals surface area contributed by atoms with Crippen molar-refractivity contribution >= 4 is 23.3 Å². The van der Waals surface area contributed by atoms with E-state index in [4.69, 9.17) is 16.6 Å². The number of nitriles is 2. The third-order valence-electron chi connectivity index (χ3n) is 3.68. The van der Waals surface area contributed by atoms with Gasteiger partial charge in [0.25, 0.3) is 0 Å². The highest BCUT2D eigenvalue weighted by molar-refractivity contribution is 5.92. The number of hydrogen-bond donors (Lipinski definition) is 3. The minimum absolute atomic E-state index is 0.00659. The van der Waals surface area contributed by atoms with Crippen LogP contribution in [0.25, 0.3) is 11.6 Å². The topological polar surface area (TPSA) is 137 Å². The summed E-state index contributed by atoms with van der Waals surface area (Å²) in [5, 5.41) is 28.0. The second-order valence-corrected chi connectivity index (χ2v) is 5.44. The van der Waals surface area contributed by atoms with Crippen LogP contribution in [-0.4, -0.2) is 17.1 Å². The van der Waals surface area contributed by atoms with Crippen LogP contribution in [0.1, 0.15) is 22.3 Å². The Balaban J connectivity index is 2.50. The lowest BCUT2D eigenvalue weighted by Gasteiger charge is -2.11. The zero-order chi connectivity index (χ0) is 18.4. The third kappa shape index (κ3) is 4.23. The van der Waals surface area contributed by atoms with E-state index >= 15 is 0 Å². The molecule has 0 aromatic heterocycles. The van der Waals surface area contributed by atoms with Gasteiger partial charge in [-0.2, -0.15) is 10.5 Å². The summed E-state index contributed by atoms with van der Waals surface area (Å²) in [6, 6.07) is 15.0. The van der Waals surface area contributed by atoms with Crippen LogP contribution in [-0.2, 0) is 11.2 Å². The number of aliphatic carboxylic acids is 1. The van der Waals surface area contributed by atoms with Gasteiger partial charge in [-0.1, -0.05) is 30.3 Å². The van der Waals surface area contributed by atoms with E-state index in [0.29, 0.717) is 22.4 Å². The van der Waals surface area contributed by atoms with Crippen LogP contribution in [0.15, 0.2) is 42.5 Å². The second kappa shape index (κ2) is 7.78. The van der Waals surface area contributed by atoms with Crippen LogP contribution >= 0.6 is 0 Å². The van der Waals surface area contributed by atoms with Crippen molar-refractivity contribution in [1.82, 2.24) is 0 Å². The molecular formula is C19H16N4O2. The van der Waals surface area contributed by atoms with Crippen molar-refractivity contribution in [2.45, 2.75) is 12.5 Å². The van der Waals surface area contributed by atoms with E-state index in [1.54, 1.807) is 48.5 Å². The molecular weight excluding hydrogens is 316 g/mol. The first-order valence-corrected chi connectivity index (χ1v) is 7.44. The monoisotopic (exact) mass is 332 g/mol. The minimum atomic E-state index is -1.15. The molecule has 6 heteroatoms. The molecule has 1 atom stereocenters. The maximum atomic E-state index is 11.0. The van der Waals surface area contributed by atoms with Gasteiger partial charge in [0, 0.05) is 11.3 Å². The van der Waals surface area contributed by atoms with Crippen LogP contribution < -0.4 is 11.5 Å². The number of carboxylic acids is 1. The van der Waals surface area contributed by atoms with E-state index < -0.39 is 12.0 Å². The number of nitrogens with zero attached hydrogens (tertiary/aromatic N) is 2. The average Bonchev–Trinajstić information content (AvgIpc) is 2.61. The van der Waals surface area contributed by atoms with Gasteiger partial charge in [0.1, 0.15) is 12.1 Å². The summed E-state index contributed by atoms with van der Waals surface area (Å²) in [5.41, 5.74) is 14.1. The van der Waals surface area contributed by atoms with E-state index in [1.165, 1.54) is 0 Å². The summed E-state index contributed by atoms with van der Waals surface area (Å²) in [6.45, 7) is 0. The predicted molar refractivity (Wildman–Crippen MR) is 94.8 cm³/mol. The number of anilines is 1. The quantitative estimate of drug-likeness (QED) is 0.436. The van der Waals surface area contributed by atoms with Gasteiger partial charge in [0.2, 0.25) is 0 Å². The van der Waals surface area contributed by atoms with Crippen molar-refractivity contribution in [3.8, 4) is 12.1 Å². The van der Waals surface area contributed by atoms with Crippen molar-refractivity contribution in [2.24, 2.45) is 5.73 Å². The predicted octanol–water partition coefficient (Wildman–Crippen LogP) is 2.16. The van der Waals surface area contributed by atoms with Crippen LogP contribution in [0.3, 0.4) is 0 Å². The number of allylic oxidation sites excluding steroid dienone is 1. The summed E-state index contributed by atoms with van der Waals surface area (Å²) < 4.78 is 0. The van der Waals surface area contributed by atoms with Gasteiger partial charge in [0.15, 0.2) is 0 Å². The van der Waals surface area contributed by atoms with E-state index in [0.717, 1.165) is 5.56 Å². The van der Waals surface area contributed by atoms with Gasteiger partial charge in [-0.25, -0.2) is 0 Å². The number of rotatable bonds is 5. The molecule has 5 N–H and O–H groups in total. The number of nitrogen functional groups attached to an aromatic ring is 1. The van der Waals surface area contributed by atoms with Crippen molar-refractivity contribution in [3.05, 3.63) is 64.7 Å². The van der Waals surface area contributed by atoms with Gasteiger partial charge in [-0.3, -0.25) is 4.79 Å². The smallest absolute Gasteiger partial charge is 0.320 e. The first-order valence-electron chi connectivity index (χ1n) is 7.44. The largest absolute Gasteiger partial charge is 0.480 e. The summed E-state index contributed by atoms with van der Waals surface area (Å²) in [4.78, 5) is 11.0. The molecule has 2 aromatic rings. The molecule has 0 spiro atoms. The molecule has 2 aromatic carbocycles. The molecule has 0 radical (unpaired) electrons. The Bertz CT molecular complexity index is 903. The van der Waals surface area contributed by atoms with Gasteiger partial charge in [0.05, 0.1) is 17.2 Å². The van der Waals surface area contributed by atoms with Crippen molar-refractivity contribution in [1.29, 1.82) is 10.5 Å². The van der Waals surface area contributed by atoms with Crippen molar-refractivity contribution < 1.29 is 9.90 Å². The van der Waals surface area contributed by atoms with Crippen LogP contribution in [0.2, 0.25) is 0 Å². The molecule has 0 aliphatic heterocycles. The molecule has 2 rings (SSSR count). The Hall–Kier alpha value is -3.61. The molecule has 0 bridgehead atoms. The molecule has 0 aliphatic rings. The molecule has 0 aliphatic carbocycles. The molecule has 25 heavy (non-hydrogen) atoms. The fourth-order valence-electron chi connectivity index (χ4n) is 2.38. The van der Waals surface area contributed by atoms with Crippen LogP contribution in [0, 0.1) is 22.7 Å². The van der Waals surface area contributed by atoms with E-state index in [1.807, 2.05) is 0 Å². The number of hydrogen-bond acceptors (Lipinski definition) is 5. The van der Waals surface area contributed by atoms with Crippen LogP contribution in [0.4, 0.5) is 5.69 Å². The zero-order valence-electron chi connectivity index (χ0n) is 13.3. The SMILES string of the molecule is N#CC(=Cc1ccc(N)cc1)c1cccc(CC(N)C(=O)O)c1C#N. The Kier molecular flexibility index (Phi) is 5.52. The standard InChI is InChI=1S/C19H16N4O2/c20-10-14(8-12-4-6-15(22)7-5-12)16-3-1-2-13(17(16)11-21)9-18(23)19(24)25/h1-8,18H,9,22-23H2,(H,24,25). The second-order valence-electron chi connectivity index (χ2n) is 5.44. The van der Waals surface area contributed by atoms with Gasteiger partial charge >= 0.3 is 5.97 Å². The normalized spacial score (nSPS) is 12.0. The Morgan fingerprint density at radius 3 is 2.44 bits per heavy atom. The highest BCUT2D eigenvalue weighted by atomic mass is 16.4. The number of carboxylic acid groups (broad SMARTS) is 1. The Morgan fingerprint density at radius 2 is 1.88 bits per heavy atom. The fraction of sp³-hybridized carbons (Fsp3) is 0.105. The first kappa shape index (κ1) is 17.7. The molecule has 6 nitrogen and oxygen atoms in total. The van der Waals surface area contributed by atoms with E-state index in [-0.39, 0.29) is 12.0 Å². The van der Waals surface area contributed by atoms with Gasteiger partial charge in [-0.15, -0.1) is 0 Å². The maximum Gasteiger partial charge on any atom is 0.320 e. The minimum Gasteiger partial charge on any atom is -0.480 e. The first-order chi connectivity index (χ1) is 12.0. The lowest BCUT2D eigenvalue weighted by atomic mass is 9.92. The highest BCUT2D eigenvalue weighted by Crippen LogP contribution is 2.25. The lowest BCUT2D eigenvalue weighted by molar-refractivity contribution is -0.138. The summed E-state index contributed by atoms with van der Waals surface area (Å²) in [6.07, 6.45) is 1.66. The summed E-state index contributed by atoms with van der Waals surface area (Å²) in [7, 11) is 0. The van der Waals surface area contributed by atoms with E-state index in [9.17, 15) is 15.3 Å². The molecule has 0 saturated heterocycles. The Labute approximate surface area is 145 Å². The maximum absolute atomic E-state index is 11.0. The lowest BCUT2D eigenvalue weighted by Crippen LogP contribution is -2.32. The summed E-state index contributed by atoms with van der Waals surface area (Å²) in [5.74, 6) is -1.15. The highest BCUT2D eigenvalue weighted by Gasteiger charge is 2.17. The number of carbonyl (C=O) groups is 1. The number of benzene rings is 2. The Morgan fingerprint density at radius 1 is 1.20 bits per heavy atom. The van der Waals surface area contributed by atoms with Gasteiger partial charge in [-0.05, 0) is 35.8 Å². The molecule has 0 heterocycles. The van der Waals surface area contributed by atoms with Crippen LogP contribution in [0.5, 0.6) is 0 Å². The molecule has 0 saturated carbocycles. The molecule has 0 amide bonds. The van der Waals surface area contributed by atoms with Crippen molar-refractivity contribution in [3.63, 3.8) is 0 Å². The van der Waals surface area contributed by atoms with E-state index in [2.05, 4.69) is 12.1 Å². The molecule has 124 valence electrons. The fourth-order valence-corrected chi connectivity index (χ4v) is 2.38. The average molecular weight is 332 g/mol.